The van der Waals surface area contributed by atoms with Gasteiger partial charge in [0.1, 0.15) is 5.75 Å². The maximum atomic E-state index is 11.8. The van der Waals surface area contributed by atoms with E-state index in [9.17, 15) is 4.79 Å². The molecule has 0 amide bonds. The average molecular weight is 246 g/mol. The smallest absolute Gasteiger partial charge is 0.156 e. The molecule has 1 atom stereocenters. The summed E-state index contributed by atoms with van der Waals surface area (Å²) in [4.78, 5) is 16.1. The van der Waals surface area contributed by atoms with Crippen molar-refractivity contribution in [1.29, 1.82) is 0 Å². The maximum absolute atomic E-state index is 11.8. The first-order chi connectivity index (χ1) is 8.51. The standard InChI is InChI=1S/C14H18N2O2/c1-5-6-11(15)13(17)7-12-10(3)14(18-4)9(2)8-16-12/h1,8,11H,6-7,15H2,2-4H3. The second-order valence-corrected chi connectivity index (χ2v) is 4.20. The zero-order chi connectivity index (χ0) is 13.7. The van der Waals surface area contributed by atoms with Crippen LogP contribution >= 0.6 is 0 Å². The Balaban J connectivity index is 2.93. The van der Waals surface area contributed by atoms with Crippen LogP contribution in [0.5, 0.6) is 5.75 Å². The minimum Gasteiger partial charge on any atom is -0.496 e. The topological polar surface area (TPSA) is 65.2 Å². The third-order valence-electron chi connectivity index (χ3n) is 2.84. The van der Waals surface area contributed by atoms with Gasteiger partial charge in [-0.2, -0.15) is 0 Å². The summed E-state index contributed by atoms with van der Waals surface area (Å²) in [7, 11) is 1.60. The van der Waals surface area contributed by atoms with Gasteiger partial charge in [-0.3, -0.25) is 9.78 Å². The van der Waals surface area contributed by atoms with Gasteiger partial charge in [-0.05, 0) is 13.8 Å². The number of ketones is 1. The highest BCUT2D eigenvalue weighted by Crippen LogP contribution is 2.24. The van der Waals surface area contributed by atoms with Crippen molar-refractivity contribution in [2.24, 2.45) is 5.73 Å². The Kier molecular flexibility index (Phi) is 4.87. The van der Waals surface area contributed by atoms with Crippen molar-refractivity contribution < 1.29 is 9.53 Å². The van der Waals surface area contributed by atoms with Gasteiger partial charge in [-0.15, -0.1) is 12.3 Å². The first kappa shape index (κ1) is 14.2. The number of nitrogens with zero attached hydrogens (tertiary/aromatic N) is 1. The number of hydrogen-bond donors (Lipinski definition) is 1. The van der Waals surface area contributed by atoms with Gasteiger partial charge in [0, 0.05) is 23.7 Å². The molecule has 96 valence electrons. The molecule has 1 heterocycles. The van der Waals surface area contributed by atoms with Crippen LogP contribution in [-0.4, -0.2) is 23.9 Å². The van der Waals surface area contributed by atoms with E-state index >= 15 is 0 Å². The first-order valence-corrected chi connectivity index (χ1v) is 5.72. The quantitative estimate of drug-likeness (QED) is 0.792. The molecule has 1 aromatic heterocycles. The molecule has 2 N–H and O–H groups in total. The summed E-state index contributed by atoms with van der Waals surface area (Å²) in [6.45, 7) is 3.79. The normalized spacial score (nSPS) is 11.7. The Morgan fingerprint density at radius 3 is 2.83 bits per heavy atom. The number of methoxy groups -OCH3 is 1. The number of aromatic nitrogens is 1. The van der Waals surface area contributed by atoms with Crippen LogP contribution in [0.1, 0.15) is 23.2 Å². The predicted octanol–water partition coefficient (Wildman–Crippen LogP) is 1.17. The van der Waals surface area contributed by atoms with Crippen LogP contribution in [0.25, 0.3) is 0 Å². The largest absolute Gasteiger partial charge is 0.496 e. The van der Waals surface area contributed by atoms with Crippen molar-refractivity contribution in [3.8, 4) is 18.1 Å². The monoisotopic (exact) mass is 246 g/mol. The molecule has 0 aliphatic rings. The van der Waals surface area contributed by atoms with Crippen molar-refractivity contribution >= 4 is 5.78 Å². The van der Waals surface area contributed by atoms with Gasteiger partial charge in [-0.25, -0.2) is 0 Å². The Morgan fingerprint density at radius 2 is 2.28 bits per heavy atom. The van der Waals surface area contributed by atoms with Gasteiger partial charge < -0.3 is 10.5 Å². The number of ether oxygens (including phenoxy) is 1. The van der Waals surface area contributed by atoms with Gasteiger partial charge in [0.2, 0.25) is 0 Å². The second-order valence-electron chi connectivity index (χ2n) is 4.20. The van der Waals surface area contributed by atoms with Crippen LogP contribution in [0.15, 0.2) is 6.20 Å². The Bertz CT molecular complexity index is 489. The number of hydrogen-bond acceptors (Lipinski definition) is 4. The van der Waals surface area contributed by atoms with E-state index in [4.69, 9.17) is 16.9 Å². The fraction of sp³-hybridized carbons (Fsp3) is 0.429. The van der Waals surface area contributed by atoms with E-state index in [2.05, 4.69) is 10.9 Å². The van der Waals surface area contributed by atoms with Crippen molar-refractivity contribution in [3.05, 3.63) is 23.0 Å². The SMILES string of the molecule is C#CCC(N)C(=O)Cc1ncc(C)c(OC)c1C. The van der Waals surface area contributed by atoms with Crippen molar-refractivity contribution in [2.75, 3.05) is 7.11 Å². The van der Waals surface area contributed by atoms with E-state index in [0.29, 0.717) is 5.69 Å². The summed E-state index contributed by atoms with van der Waals surface area (Å²) in [6, 6.07) is -0.622. The number of terminal acetylenes is 1. The highest BCUT2D eigenvalue weighted by Gasteiger charge is 2.17. The van der Waals surface area contributed by atoms with Crippen LogP contribution < -0.4 is 10.5 Å². The van der Waals surface area contributed by atoms with Crippen LogP contribution in [0.4, 0.5) is 0 Å². The van der Waals surface area contributed by atoms with E-state index < -0.39 is 6.04 Å². The fourth-order valence-corrected chi connectivity index (χ4v) is 1.79. The molecule has 4 heteroatoms. The molecule has 0 saturated carbocycles. The molecular formula is C14H18N2O2. The molecule has 0 radical (unpaired) electrons. The molecule has 0 aliphatic heterocycles. The lowest BCUT2D eigenvalue weighted by atomic mass is 10.0. The van der Waals surface area contributed by atoms with Crippen LogP contribution in [0.2, 0.25) is 0 Å². The minimum absolute atomic E-state index is 0.102. The molecule has 0 aromatic carbocycles. The lowest BCUT2D eigenvalue weighted by molar-refractivity contribution is -0.119. The average Bonchev–Trinajstić information content (AvgIpc) is 2.33. The van der Waals surface area contributed by atoms with Crippen molar-refractivity contribution in [1.82, 2.24) is 4.98 Å². The molecule has 0 bridgehead atoms. The third-order valence-corrected chi connectivity index (χ3v) is 2.84. The van der Waals surface area contributed by atoms with Crippen LogP contribution in [-0.2, 0) is 11.2 Å². The number of nitrogens with two attached hydrogens (primary N) is 1. The summed E-state index contributed by atoms with van der Waals surface area (Å²) in [5.41, 5.74) is 8.18. The summed E-state index contributed by atoms with van der Waals surface area (Å²) < 4.78 is 5.29. The number of aryl methyl sites for hydroxylation is 1. The lowest BCUT2D eigenvalue weighted by Gasteiger charge is -2.13. The predicted molar refractivity (Wildman–Crippen MR) is 70.4 cm³/mol. The summed E-state index contributed by atoms with van der Waals surface area (Å²) >= 11 is 0. The van der Waals surface area contributed by atoms with Crippen molar-refractivity contribution in [2.45, 2.75) is 32.7 Å². The van der Waals surface area contributed by atoms with Gasteiger partial charge in [-0.1, -0.05) is 0 Å². The van der Waals surface area contributed by atoms with Gasteiger partial charge >= 0.3 is 0 Å². The molecule has 0 spiro atoms. The Hall–Kier alpha value is -1.86. The van der Waals surface area contributed by atoms with E-state index in [1.54, 1.807) is 13.3 Å². The van der Waals surface area contributed by atoms with E-state index in [1.165, 1.54) is 0 Å². The number of carbonyl (C=O) groups is 1. The summed E-state index contributed by atoms with van der Waals surface area (Å²) in [5, 5.41) is 0. The molecule has 1 unspecified atom stereocenters. The van der Waals surface area contributed by atoms with Crippen LogP contribution in [0.3, 0.4) is 0 Å². The summed E-state index contributed by atoms with van der Waals surface area (Å²) in [6.07, 6.45) is 7.27. The zero-order valence-electron chi connectivity index (χ0n) is 11.0. The minimum atomic E-state index is -0.622. The highest BCUT2D eigenvalue weighted by molar-refractivity contribution is 5.86. The Labute approximate surface area is 108 Å². The molecule has 4 nitrogen and oxygen atoms in total. The van der Waals surface area contributed by atoms with Crippen molar-refractivity contribution in [3.63, 3.8) is 0 Å². The molecule has 0 aliphatic carbocycles. The number of rotatable bonds is 5. The molecule has 18 heavy (non-hydrogen) atoms. The Morgan fingerprint density at radius 1 is 1.61 bits per heavy atom. The van der Waals surface area contributed by atoms with Gasteiger partial charge in [0.05, 0.1) is 25.3 Å². The fourth-order valence-electron chi connectivity index (χ4n) is 1.79. The molecule has 0 saturated heterocycles. The molecular weight excluding hydrogens is 228 g/mol. The summed E-state index contributed by atoms with van der Waals surface area (Å²) in [5.74, 6) is 3.05. The van der Waals surface area contributed by atoms with Gasteiger partial charge in [0.25, 0.3) is 0 Å². The van der Waals surface area contributed by atoms with E-state index in [1.807, 2.05) is 13.8 Å². The zero-order valence-corrected chi connectivity index (χ0v) is 11.0. The lowest BCUT2D eigenvalue weighted by Crippen LogP contribution is -2.31. The second kappa shape index (κ2) is 6.18. The third kappa shape index (κ3) is 3.08. The number of carbonyl (C=O) groups excluding carboxylic acids is 1. The van der Waals surface area contributed by atoms with E-state index in [0.717, 1.165) is 16.9 Å². The number of Topliss-reactive ketones (excluding diaryl/α,β-unsaturated/α-hetero) is 1. The highest BCUT2D eigenvalue weighted by atomic mass is 16.5. The molecule has 1 aromatic rings. The first-order valence-electron chi connectivity index (χ1n) is 5.72. The molecule has 0 fully saturated rings. The maximum Gasteiger partial charge on any atom is 0.156 e. The molecule has 1 rings (SSSR count). The van der Waals surface area contributed by atoms with Gasteiger partial charge in [0.15, 0.2) is 5.78 Å². The number of pyridine rings is 1. The van der Waals surface area contributed by atoms with Crippen LogP contribution in [0, 0.1) is 26.2 Å². The van der Waals surface area contributed by atoms with E-state index in [-0.39, 0.29) is 18.6 Å².